The van der Waals surface area contributed by atoms with Crippen molar-refractivity contribution in [3.8, 4) is 0 Å². The van der Waals surface area contributed by atoms with Crippen LogP contribution >= 0.6 is 0 Å². The monoisotopic (exact) mass is 294 g/mol. The Labute approximate surface area is 127 Å². The summed E-state index contributed by atoms with van der Waals surface area (Å²) in [5.74, 6) is 0.601. The van der Waals surface area contributed by atoms with E-state index in [0.29, 0.717) is 12.1 Å². The van der Waals surface area contributed by atoms with Gasteiger partial charge in [0.15, 0.2) is 5.96 Å². The molecule has 0 radical (unpaired) electrons. The van der Waals surface area contributed by atoms with Gasteiger partial charge >= 0.3 is 0 Å². The second-order valence-electron chi connectivity index (χ2n) is 5.36. The molecular formula is C16H27FN4. The third-order valence-corrected chi connectivity index (χ3v) is 3.07. The van der Waals surface area contributed by atoms with Gasteiger partial charge in [0, 0.05) is 13.1 Å². The summed E-state index contributed by atoms with van der Waals surface area (Å²) >= 11 is 0. The first-order valence-electron chi connectivity index (χ1n) is 7.45. The molecule has 2 N–H and O–H groups in total. The van der Waals surface area contributed by atoms with Crippen LogP contribution < -0.4 is 10.6 Å². The van der Waals surface area contributed by atoms with Crippen LogP contribution in [-0.2, 0) is 6.54 Å². The van der Waals surface area contributed by atoms with Crippen LogP contribution in [0.2, 0.25) is 0 Å². The Bertz CT molecular complexity index is 458. The SMILES string of the molecule is CCNC(=NCc1ccc(C)c(F)c1)NCCCN(C)C. The highest BCUT2D eigenvalue weighted by molar-refractivity contribution is 5.79. The third-order valence-electron chi connectivity index (χ3n) is 3.07. The number of hydrogen-bond donors (Lipinski definition) is 2. The summed E-state index contributed by atoms with van der Waals surface area (Å²) in [6.45, 7) is 6.98. The number of guanidine groups is 1. The number of hydrogen-bond acceptors (Lipinski definition) is 2. The normalized spacial score (nSPS) is 11.8. The molecule has 0 bridgehead atoms. The molecule has 5 heteroatoms. The van der Waals surface area contributed by atoms with Gasteiger partial charge in [-0.25, -0.2) is 9.38 Å². The van der Waals surface area contributed by atoms with Crippen molar-refractivity contribution in [1.29, 1.82) is 0 Å². The van der Waals surface area contributed by atoms with E-state index in [4.69, 9.17) is 0 Å². The maximum atomic E-state index is 13.5. The van der Waals surface area contributed by atoms with Gasteiger partial charge in [0.2, 0.25) is 0 Å². The van der Waals surface area contributed by atoms with Crippen molar-refractivity contribution in [2.24, 2.45) is 4.99 Å². The van der Waals surface area contributed by atoms with E-state index >= 15 is 0 Å². The molecule has 0 saturated heterocycles. The largest absolute Gasteiger partial charge is 0.357 e. The molecule has 0 unspecified atom stereocenters. The smallest absolute Gasteiger partial charge is 0.191 e. The quantitative estimate of drug-likeness (QED) is 0.460. The summed E-state index contributed by atoms with van der Waals surface area (Å²) < 4.78 is 13.5. The highest BCUT2D eigenvalue weighted by Gasteiger charge is 2.01. The molecule has 0 amide bonds. The molecule has 1 aromatic carbocycles. The molecule has 21 heavy (non-hydrogen) atoms. The van der Waals surface area contributed by atoms with Gasteiger partial charge in [-0.05, 0) is 58.1 Å². The van der Waals surface area contributed by atoms with Gasteiger partial charge in [0.1, 0.15) is 5.82 Å². The number of aryl methyl sites for hydroxylation is 1. The first kappa shape index (κ1) is 17.4. The zero-order valence-corrected chi connectivity index (χ0v) is 13.5. The molecular weight excluding hydrogens is 267 g/mol. The molecule has 0 aliphatic heterocycles. The Balaban J connectivity index is 2.52. The van der Waals surface area contributed by atoms with Crippen LogP contribution in [0.3, 0.4) is 0 Å². The second kappa shape index (κ2) is 9.34. The van der Waals surface area contributed by atoms with Crippen LogP contribution in [0.25, 0.3) is 0 Å². The number of nitrogens with zero attached hydrogens (tertiary/aromatic N) is 2. The van der Waals surface area contributed by atoms with Gasteiger partial charge in [-0.1, -0.05) is 12.1 Å². The molecule has 1 rings (SSSR count). The van der Waals surface area contributed by atoms with E-state index in [0.717, 1.165) is 37.6 Å². The third kappa shape index (κ3) is 7.09. The number of rotatable bonds is 7. The van der Waals surface area contributed by atoms with Crippen LogP contribution in [0, 0.1) is 12.7 Å². The Hall–Kier alpha value is -1.62. The number of halogens is 1. The minimum Gasteiger partial charge on any atom is -0.357 e. The zero-order chi connectivity index (χ0) is 15.7. The minimum atomic E-state index is -0.174. The van der Waals surface area contributed by atoms with Gasteiger partial charge < -0.3 is 15.5 Å². The fraction of sp³-hybridized carbons (Fsp3) is 0.562. The van der Waals surface area contributed by atoms with E-state index < -0.39 is 0 Å². The molecule has 0 heterocycles. The maximum absolute atomic E-state index is 13.5. The average Bonchev–Trinajstić information content (AvgIpc) is 2.44. The van der Waals surface area contributed by atoms with Crippen LogP contribution in [0.15, 0.2) is 23.2 Å². The van der Waals surface area contributed by atoms with Crippen LogP contribution in [0.5, 0.6) is 0 Å². The van der Waals surface area contributed by atoms with Gasteiger partial charge in [-0.3, -0.25) is 0 Å². The molecule has 4 nitrogen and oxygen atoms in total. The van der Waals surface area contributed by atoms with E-state index in [2.05, 4.69) is 34.6 Å². The molecule has 0 saturated carbocycles. The summed E-state index contributed by atoms with van der Waals surface area (Å²) in [5.41, 5.74) is 1.54. The molecule has 118 valence electrons. The van der Waals surface area contributed by atoms with Crippen molar-refractivity contribution in [3.05, 3.63) is 35.1 Å². The van der Waals surface area contributed by atoms with Crippen LogP contribution in [0.4, 0.5) is 4.39 Å². The van der Waals surface area contributed by atoms with Gasteiger partial charge in [-0.15, -0.1) is 0 Å². The van der Waals surface area contributed by atoms with Gasteiger partial charge in [0.05, 0.1) is 6.54 Å². The predicted octanol–water partition coefficient (Wildman–Crippen LogP) is 2.14. The first-order valence-corrected chi connectivity index (χ1v) is 7.45. The zero-order valence-electron chi connectivity index (χ0n) is 13.5. The summed E-state index contributed by atoms with van der Waals surface area (Å²) in [6, 6.07) is 5.25. The fourth-order valence-corrected chi connectivity index (χ4v) is 1.85. The van der Waals surface area contributed by atoms with E-state index in [-0.39, 0.29) is 5.82 Å². The maximum Gasteiger partial charge on any atom is 0.191 e. The molecule has 1 aromatic rings. The summed E-state index contributed by atoms with van der Waals surface area (Å²) in [4.78, 5) is 6.64. The van der Waals surface area contributed by atoms with Crippen molar-refractivity contribution in [2.45, 2.75) is 26.8 Å². The van der Waals surface area contributed by atoms with Gasteiger partial charge in [0.25, 0.3) is 0 Å². The van der Waals surface area contributed by atoms with E-state index in [9.17, 15) is 4.39 Å². The molecule has 0 atom stereocenters. The second-order valence-corrected chi connectivity index (χ2v) is 5.36. The van der Waals surface area contributed by atoms with E-state index in [1.54, 1.807) is 19.1 Å². The number of aliphatic imine (C=N–C) groups is 1. The Morgan fingerprint density at radius 3 is 2.67 bits per heavy atom. The lowest BCUT2D eigenvalue weighted by atomic mass is 10.1. The van der Waals surface area contributed by atoms with Gasteiger partial charge in [-0.2, -0.15) is 0 Å². The lowest BCUT2D eigenvalue weighted by Crippen LogP contribution is -2.38. The van der Waals surface area contributed by atoms with Crippen molar-refractivity contribution in [1.82, 2.24) is 15.5 Å². The van der Waals surface area contributed by atoms with Crippen molar-refractivity contribution < 1.29 is 4.39 Å². The first-order chi connectivity index (χ1) is 10.0. The standard InChI is InChI=1S/C16H27FN4/c1-5-18-16(19-9-6-10-21(3)4)20-12-14-8-7-13(2)15(17)11-14/h7-8,11H,5-6,9-10,12H2,1-4H3,(H2,18,19,20). The Morgan fingerprint density at radius 1 is 1.29 bits per heavy atom. The summed E-state index contributed by atoms with van der Waals surface area (Å²) in [6.07, 6.45) is 1.05. The van der Waals surface area contributed by atoms with Crippen molar-refractivity contribution in [2.75, 3.05) is 33.7 Å². The lowest BCUT2D eigenvalue weighted by Gasteiger charge is -2.13. The summed E-state index contributed by atoms with van der Waals surface area (Å²) in [7, 11) is 4.12. The Kier molecular flexibility index (Phi) is 7.75. The van der Waals surface area contributed by atoms with E-state index in [1.165, 1.54) is 0 Å². The van der Waals surface area contributed by atoms with Crippen LogP contribution in [0.1, 0.15) is 24.5 Å². The van der Waals surface area contributed by atoms with Crippen molar-refractivity contribution >= 4 is 5.96 Å². The molecule has 0 aromatic heterocycles. The highest BCUT2D eigenvalue weighted by Crippen LogP contribution is 2.09. The molecule has 0 aliphatic rings. The number of nitrogens with one attached hydrogen (secondary N) is 2. The lowest BCUT2D eigenvalue weighted by molar-refractivity contribution is 0.399. The fourth-order valence-electron chi connectivity index (χ4n) is 1.85. The summed E-state index contributed by atoms with van der Waals surface area (Å²) in [5, 5.41) is 6.49. The highest BCUT2D eigenvalue weighted by atomic mass is 19.1. The molecule has 0 spiro atoms. The Morgan fingerprint density at radius 2 is 2.05 bits per heavy atom. The molecule has 0 aliphatic carbocycles. The van der Waals surface area contributed by atoms with E-state index in [1.807, 2.05) is 13.0 Å². The van der Waals surface area contributed by atoms with Crippen molar-refractivity contribution in [3.63, 3.8) is 0 Å². The average molecular weight is 294 g/mol. The number of benzene rings is 1. The topological polar surface area (TPSA) is 39.7 Å². The molecule has 0 fully saturated rings. The predicted molar refractivity (Wildman–Crippen MR) is 87.1 cm³/mol. The minimum absolute atomic E-state index is 0.174. The van der Waals surface area contributed by atoms with Crippen LogP contribution in [-0.4, -0.2) is 44.6 Å².